The van der Waals surface area contributed by atoms with Crippen LogP contribution in [0.25, 0.3) is 0 Å². The average Bonchev–Trinajstić information content (AvgIpc) is 2.84. The number of rotatable bonds is 3. The Hall–Kier alpha value is -2.15. The molecule has 32 heavy (non-hydrogen) atoms. The van der Waals surface area contributed by atoms with Crippen LogP contribution < -0.4 is 5.32 Å². The van der Waals surface area contributed by atoms with Crippen molar-refractivity contribution in [3.63, 3.8) is 0 Å². The van der Waals surface area contributed by atoms with E-state index < -0.39 is 0 Å². The molecule has 0 fully saturated rings. The third-order valence-electron chi connectivity index (χ3n) is 5.71. The van der Waals surface area contributed by atoms with Crippen LogP contribution in [0.5, 0.6) is 0 Å². The zero-order valence-corrected chi connectivity index (χ0v) is 21.1. The molecular weight excluding hydrogens is 530 g/mol. The lowest BCUT2D eigenvalue weighted by molar-refractivity contribution is 0.0720. The van der Waals surface area contributed by atoms with Gasteiger partial charge in [0.15, 0.2) is 0 Å². The summed E-state index contributed by atoms with van der Waals surface area (Å²) in [6.07, 6.45) is 1.04. The Morgan fingerprint density at radius 3 is 2.41 bits per heavy atom. The van der Waals surface area contributed by atoms with Crippen LogP contribution in [0.15, 0.2) is 81.7 Å². The number of carbonyl (C=O) groups is 1. The standard InChI is InChI=1S/C26H27Br2N3O/c27-23-9-7-21(8-10-23)26(32)31-16-15-30(18-20-5-2-1-3-6-20)14-4-13-29-25-12-11-24(28)17-22(25)19-31/h1-3,5-12,17,29H,4,13-16,18-19H2. The monoisotopic (exact) mass is 555 g/mol. The third kappa shape index (κ3) is 6.21. The van der Waals surface area contributed by atoms with Crippen molar-refractivity contribution < 1.29 is 4.79 Å². The topological polar surface area (TPSA) is 35.6 Å². The summed E-state index contributed by atoms with van der Waals surface area (Å²) in [6.45, 7) is 4.85. The molecule has 4 nitrogen and oxygen atoms in total. The van der Waals surface area contributed by atoms with Gasteiger partial charge >= 0.3 is 0 Å². The van der Waals surface area contributed by atoms with Crippen molar-refractivity contribution in [1.29, 1.82) is 0 Å². The predicted molar refractivity (Wildman–Crippen MR) is 138 cm³/mol. The summed E-state index contributed by atoms with van der Waals surface area (Å²) < 4.78 is 1.99. The molecule has 0 radical (unpaired) electrons. The fraction of sp³-hybridized carbons (Fsp3) is 0.269. The molecule has 0 aromatic heterocycles. The number of amides is 1. The maximum Gasteiger partial charge on any atom is 0.254 e. The summed E-state index contributed by atoms with van der Waals surface area (Å²) in [5.74, 6) is 0.0577. The summed E-state index contributed by atoms with van der Waals surface area (Å²) in [5, 5.41) is 3.59. The first-order valence-corrected chi connectivity index (χ1v) is 12.5. The van der Waals surface area contributed by atoms with Crippen LogP contribution in [-0.4, -0.2) is 41.9 Å². The molecule has 0 saturated heterocycles. The van der Waals surface area contributed by atoms with Gasteiger partial charge in [-0.25, -0.2) is 0 Å². The second kappa shape index (κ2) is 11.1. The zero-order chi connectivity index (χ0) is 22.3. The molecule has 3 aromatic carbocycles. The van der Waals surface area contributed by atoms with Crippen molar-refractivity contribution in [3.8, 4) is 0 Å². The van der Waals surface area contributed by atoms with Crippen LogP contribution in [0.1, 0.15) is 27.9 Å². The summed E-state index contributed by atoms with van der Waals surface area (Å²) in [4.78, 5) is 17.9. The fourth-order valence-corrected chi connectivity index (χ4v) is 4.67. The van der Waals surface area contributed by atoms with Crippen molar-refractivity contribution in [3.05, 3.63) is 98.4 Å². The normalized spacial score (nSPS) is 15.4. The predicted octanol–water partition coefficient (Wildman–Crippen LogP) is 6.17. The van der Waals surface area contributed by atoms with Crippen LogP contribution in [0.3, 0.4) is 0 Å². The highest BCUT2D eigenvalue weighted by Crippen LogP contribution is 2.24. The van der Waals surface area contributed by atoms with Gasteiger partial charge in [0.2, 0.25) is 0 Å². The maximum atomic E-state index is 13.5. The van der Waals surface area contributed by atoms with E-state index in [2.05, 4.69) is 78.5 Å². The molecule has 1 aliphatic rings. The van der Waals surface area contributed by atoms with Crippen molar-refractivity contribution in [2.45, 2.75) is 19.5 Å². The van der Waals surface area contributed by atoms with E-state index in [0.717, 1.165) is 52.8 Å². The van der Waals surface area contributed by atoms with Gasteiger partial charge < -0.3 is 10.2 Å². The SMILES string of the molecule is O=C(c1ccc(Br)cc1)N1CCN(Cc2ccccc2)CCCNc2ccc(Br)cc2C1. The van der Waals surface area contributed by atoms with Gasteiger partial charge in [0.25, 0.3) is 5.91 Å². The van der Waals surface area contributed by atoms with E-state index in [4.69, 9.17) is 0 Å². The van der Waals surface area contributed by atoms with Gasteiger partial charge in [-0.3, -0.25) is 9.69 Å². The van der Waals surface area contributed by atoms with Gasteiger partial charge in [-0.05, 0) is 60.0 Å². The van der Waals surface area contributed by atoms with Gasteiger partial charge in [-0.2, -0.15) is 0 Å². The number of hydrogen-bond donors (Lipinski definition) is 1. The first-order valence-electron chi connectivity index (χ1n) is 10.9. The molecule has 1 aliphatic heterocycles. The van der Waals surface area contributed by atoms with E-state index in [9.17, 15) is 4.79 Å². The zero-order valence-electron chi connectivity index (χ0n) is 17.9. The number of nitrogens with one attached hydrogen (secondary N) is 1. The number of hydrogen-bond acceptors (Lipinski definition) is 3. The minimum Gasteiger partial charge on any atom is -0.385 e. The number of nitrogens with zero attached hydrogens (tertiary/aromatic N) is 2. The molecule has 0 bridgehead atoms. The van der Waals surface area contributed by atoms with Gasteiger partial charge in [0.1, 0.15) is 0 Å². The molecule has 1 amide bonds. The molecule has 1 N–H and O–H groups in total. The van der Waals surface area contributed by atoms with Crippen LogP contribution >= 0.6 is 31.9 Å². The molecule has 4 rings (SSSR count). The molecule has 166 valence electrons. The molecule has 0 spiro atoms. The minimum atomic E-state index is 0.0577. The summed E-state index contributed by atoms with van der Waals surface area (Å²) in [6, 6.07) is 24.4. The second-order valence-electron chi connectivity index (χ2n) is 8.08. The Kier molecular flexibility index (Phi) is 8.00. The van der Waals surface area contributed by atoms with E-state index in [1.54, 1.807) is 0 Å². The maximum absolute atomic E-state index is 13.5. The highest BCUT2D eigenvalue weighted by Gasteiger charge is 2.20. The number of halogens is 2. The lowest BCUT2D eigenvalue weighted by Crippen LogP contribution is -2.38. The highest BCUT2D eigenvalue weighted by atomic mass is 79.9. The first kappa shape index (κ1) is 23.0. The Bertz CT molecular complexity index is 1040. The number of anilines is 1. The van der Waals surface area contributed by atoms with Crippen LogP contribution in [0.4, 0.5) is 5.69 Å². The van der Waals surface area contributed by atoms with E-state index in [1.165, 1.54) is 5.56 Å². The van der Waals surface area contributed by atoms with E-state index >= 15 is 0 Å². The summed E-state index contributed by atoms with van der Waals surface area (Å²) >= 11 is 7.06. The number of fused-ring (bicyclic) bond motifs is 1. The Morgan fingerprint density at radius 2 is 1.62 bits per heavy atom. The summed E-state index contributed by atoms with van der Waals surface area (Å²) in [5.41, 5.74) is 4.23. The first-order chi connectivity index (χ1) is 15.6. The van der Waals surface area contributed by atoms with Crippen molar-refractivity contribution in [2.75, 3.05) is 31.5 Å². The molecule has 0 atom stereocenters. The quantitative estimate of drug-likeness (QED) is 0.419. The van der Waals surface area contributed by atoms with Gasteiger partial charge in [0, 0.05) is 59.5 Å². The van der Waals surface area contributed by atoms with Crippen molar-refractivity contribution in [1.82, 2.24) is 9.80 Å². The molecular formula is C26H27Br2N3O. The smallest absolute Gasteiger partial charge is 0.254 e. The third-order valence-corrected chi connectivity index (χ3v) is 6.73. The lowest BCUT2D eigenvalue weighted by atomic mass is 10.1. The van der Waals surface area contributed by atoms with Gasteiger partial charge in [-0.1, -0.05) is 62.2 Å². The van der Waals surface area contributed by atoms with E-state index in [1.807, 2.05) is 41.3 Å². The van der Waals surface area contributed by atoms with Crippen LogP contribution in [0.2, 0.25) is 0 Å². The molecule has 0 aliphatic carbocycles. The van der Waals surface area contributed by atoms with E-state index in [-0.39, 0.29) is 5.91 Å². The van der Waals surface area contributed by atoms with Crippen molar-refractivity contribution >= 4 is 43.5 Å². The summed E-state index contributed by atoms with van der Waals surface area (Å²) in [7, 11) is 0. The largest absolute Gasteiger partial charge is 0.385 e. The lowest BCUT2D eigenvalue weighted by Gasteiger charge is -2.28. The van der Waals surface area contributed by atoms with Crippen molar-refractivity contribution in [2.24, 2.45) is 0 Å². The van der Waals surface area contributed by atoms with Gasteiger partial charge in [-0.15, -0.1) is 0 Å². The Balaban J connectivity index is 1.59. The van der Waals surface area contributed by atoms with Crippen LogP contribution in [0, 0.1) is 0 Å². The average molecular weight is 557 g/mol. The Morgan fingerprint density at radius 1 is 0.875 bits per heavy atom. The Labute approximate surface area is 206 Å². The van der Waals surface area contributed by atoms with E-state index in [0.29, 0.717) is 18.7 Å². The molecule has 0 saturated carbocycles. The molecule has 1 heterocycles. The highest BCUT2D eigenvalue weighted by molar-refractivity contribution is 9.10. The second-order valence-corrected chi connectivity index (χ2v) is 9.91. The van der Waals surface area contributed by atoms with Gasteiger partial charge in [0.05, 0.1) is 0 Å². The fourth-order valence-electron chi connectivity index (χ4n) is 4.00. The molecule has 0 unspecified atom stereocenters. The van der Waals surface area contributed by atoms with Crippen LogP contribution in [-0.2, 0) is 13.1 Å². The number of carbonyl (C=O) groups excluding carboxylic acids is 1. The minimum absolute atomic E-state index is 0.0577. The molecule has 3 aromatic rings. The number of benzene rings is 3. The molecule has 6 heteroatoms.